The first-order valence-electron chi connectivity index (χ1n) is 2.68. The number of aromatic nitrogens is 2. The van der Waals surface area contributed by atoms with E-state index in [0.29, 0.717) is 6.20 Å². The molecule has 1 rings (SSSR count). The Balaban J connectivity index is 3.59. The summed E-state index contributed by atoms with van der Waals surface area (Å²) >= 11 is 0. The highest BCUT2D eigenvalue weighted by Crippen LogP contribution is 2.21. The fraction of sp³-hybridized carbons (Fsp3) is 0.250. The van der Waals surface area contributed by atoms with E-state index in [2.05, 4.69) is 0 Å². The number of nitrogens with one attached hydrogen (secondary N) is 1. The molecular formula is C4H3F3N2O2S. The van der Waals surface area contributed by atoms with Crippen LogP contribution < -0.4 is 0 Å². The monoisotopic (exact) mass is 200 g/mol. The van der Waals surface area contributed by atoms with Gasteiger partial charge in [-0.25, -0.2) is 4.57 Å². The van der Waals surface area contributed by atoms with E-state index in [1.807, 2.05) is 4.98 Å². The normalized spacial score (nSPS) is 11.6. The second-order valence-electron chi connectivity index (χ2n) is 1.84. The van der Waals surface area contributed by atoms with Crippen molar-refractivity contribution in [1.82, 2.24) is 9.55 Å². The summed E-state index contributed by atoms with van der Waals surface area (Å²) in [4.78, 5) is 1.94. The van der Waals surface area contributed by atoms with E-state index < -0.39 is 21.4 Å². The summed E-state index contributed by atoms with van der Waals surface area (Å²) in [6, 6.07) is 0. The average molecular weight is 200 g/mol. The van der Waals surface area contributed by atoms with E-state index in [-0.39, 0.29) is 4.57 Å². The zero-order valence-electron chi connectivity index (χ0n) is 5.46. The van der Waals surface area contributed by atoms with Gasteiger partial charge in [-0.1, -0.05) is 0 Å². The Bertz CT molecular complexity index is 429. The van der Waals surface area contributed by atoms with Crippen molar-refractivity contribution in [1.29, 1.82) is 0 Å². The molecule has 0 aliphatic heterocycles. The molecule has 0 aliphatic rings. The third-order valence-electron chi connectivity index (χ3n) is 1.08. The first-order chi connectivity index (χ1) is 5.43. The molecule has 0 saturated heterocycles. The van der Waals surface area contributed by atoms with E-state index >= 15 is 0 Å². The molecule has 0 atom stereocenters. The smallest absolute Gasteiger partial charge is 0.333 e. The predicted octanol–water partition coefficient (Wildman–Crippen LogP) is 0.704. The van der Waals surface area contributed by atoms with Crippen LogP contribution in [0.3, 0.4) is 0 Å². The van der Waals surface area contributed by atoms with E-state index in [9.17, 15) is 21.6 Å². The first kappa shape index (κ1) is 8.91. The molecule has 0 saturated carbocycles. The van der Waals surface area contributed by atoms with Gasteiger partial charge in [-0.15, -0.1) is 13.2 Å². The largest absolute Gasteiger partial charge is 0.490 e. The minimum Gasteiger partial charge on any atom is -0.333 e. The van der Waals surface area contributed by atoms with Gasteiger partial charge in [-0.3, -0.25) is 0 Å². The number of halogens is 3. The number of rotatable bonds is 0. The summed E-state index contributed by atoms with van der Waals surface area (Å²) in [5, 5.41) is 0. The van der Waals surface area contributed by atoms with Gasteiger partial charge in [0, 0.05) is 12.4 Å². The maximum Gasteiger partial charge on any atom is 0.490 e. The molecule has 1 aromatic rings. The molecule has 0 fully saturated rings. The summed E-state index contributed by atoms with van der Waals surface area (Å²) in [5.41, 5.74) is 0. The number of hydrogen-bond donors (Lipinski definition) is 1. The summed E-state index contributed by atoms with van der Waals surface area (Å²) in [7, 11) is -2.92. The highest BCUT2D eigenvalue weighted by molar-refractivity contribution is 7.63. The minimum atomic E-state index is -4.71. The third-order valence-corrected chi connectivity index (χ3v) is 1.71. The molecule has 0 aliphatic carbocycles. The van der Waals surface area contributed by atoms with Crippen LogP contribution in [0.4, 0.5) is 13.2 Å². The number of nitrogens with zero attached hydrogens (tertiary/aromatic N) is 1. The van der Waals surface area contributed by atoms with E-state index in [4.69, 9.17) is 0 Å². The zero-order valence-corrected chi connectivity index (χ0v) is 6.28. The van der Waals surface area contributed by atoms with Gasteiger partial charge in [0.05, 0.1) is 0 Å². The molecule has 0 spiro atoms. The van der Waals surface area contributed by atoms with E-state index in [0.717, 1.165) is 6.20 Å². The van der Waals surface area contributed by atoms with Crippen molar-refractivity contribution in [2.75, 3.05) is 0 Å². The molecule has 4 nitrogen and oxygen atoms in total. The fourth-order valence-corrected chi connectivity index (χ4v) is 1.14. The molecule has 1 aromatic heterocycles. The van der Waals surface area contributed by atoms with Gasteiger partial charge in [-0.2, -0.15) is 8.42 Å². The van der Waals surface area contributed by atoms with Gasteiger partial charge >= 0.3 is 6.30 Å². The van der Waals surface area contributed by atoms with Crippen molar-refractivity contribution < 1.29 is 21.6 Å². The van der Waals surface area contributed by atoms with Gasteiger partial charge in [0.25, 0.3) is 10.3 Å². The Morgan fingerprint density at radius 1 is 1.42 bits per heavy atom. The maximum absolute atomic E-state index is 11.9. The summed E-state index contributed by atoms with van der Waals surface area (Å²) in [6.07, 6.45) is -3.24. The Morgan fingerprint density at radius 3 is 2.33 bits per heavy atom. The molecule has 1 heterocycles. The lowest BCUT2D eigenvalue weighted by atomic mass is 10.9. The topological polar surface area (TPSA) is 54.9 Å². The first-order valence-corrected chi connectivity index (χ1v) is 3.76. The van der Waals surface area contributed by atoms with Crippen molar-refractivity contribution in [2.24, 2.45) is 0 Å². The third kappa shape index (κ3) is 1.52. The number of aromatic amines is 1. The summed E-state index contributed by atoms with van der Waals surface area (Å²) < 4.78 is 54.9. The van der Waals surface area contributed by atoms with Crippen LogP contribution in [0, 0.1) is 4.77 Å². The van der Waals surface area contributed by atoms with Crippen LogP contribution in [-0.4, -0.2) is 18.0 Å². The molecule has 0 radical (unpaired) electrons. The molecule has 0 amide bonds. The Morgan fingerprint density at radius 2 is 2.00 bits per heavy atom. The van der Waals surface area contributed by atoms with Gasteiger partial charge in [0.15, 0.2) is 0 Å². The standard InChI is InChI=1S/C4H3F3N2O2S/c5-4(6,7)9-2-1-8-3(9)12(10)11/h1-2,8H. The van der Waals surface area contributed by atoms with Crippen LogP contribution >= 0.6 is 0 Å². The maximum atomic E-state index is 11.9. The highest BCUT2D eigenvalue weighted by Gasteiger charge is 2.31. The lowest BCUT2D eigenvalue weighted by molar-refractivity contribution is -0.205. The van der Waals surface area contributed by atoms with Crippen molar-refractivity contribution in [3.63, 3.8) is 0 Å². The van der Waals surface area contributed by atoms with E-state index in [1.54, 1.807) is 0 Å². The van der Waals surface area contributed by atoms with Gasteiger partial charge in [0.1, 0.15) is 0 Å². The molecule has 12 heavy (non-hydrogen) atoms. The van der Waals surface area contributed by atoms with Crippen molar-refractivity contribution >= 4 is 10.3 Å². The molecule has 0 unspecified atom stereocenters. The van der Waals surface area contributed by atoms with E-state index in [1.165, 1.54) is 0 Å². The van der Waals surface area contributed by atoms with Crippen molar-refractivity contribution in [2.45, 2.75) is 6.30 Å². The zero-order chi connectivity index (χ0) is 9.35. The number of imidazole rings is 1. The molecule has 68 valence electrons. The number of H-pyrrole nitrogens is 1. The number of hydrogen-bond acceptors (Lipinski definition) is 2. The predicted molar refractivity (Wildman–Crippen MR) is 32.2 cm³/mol. The molecule has 0 aromatic carbocycles. The van der Waals surface area contributed by atoms with Crippen LogP contribution in [0.15, 0.2) is 12.4 Å². The van der Waals surface area contributed by atoms with Gasteiger partial charge < -0.3 is 4.98 Å². The molecular weight excluding hydrogens is 197 g/mol. The molecule has 8 heteroatoms. The SMILES string of the molecule is O=S(=O)=c1[nH]ccn1C(F)(F)F. The lowest BCUT2D eigenvalue weighted by Gasteiger charge is -2.04. The van der Waals surface area contributed by atoms with Gasteiger partial charge in [0.2, 0.25) is 4.77 Å². The average Bonchev–Trinajstić information content (AvgIpc) is 2.30. The molecule has 0 bridgehead atoms. The fourth-order valence-electron chi connectivity index (χ4n) is 0.648. The van der Waals surface area contributed by atoms with Crippen LogP contribution in [-0.2, 0) is 16.6 Å². The van der Waals surface area contributed by atoms with Crippen LogP contribution in [0.5, 0.6) is 0 Å². The minimum absolute atomic E-state index is 0.323. The Kier molecular flexibility index (Phi) is 2.01. The second-order valence-corrected chi connectivity index (χ2v) is 2.69. The quantitative estimate of drug-likeness (QED) is 0.627. The Labute approximate surface area is 65.8 Å². The highest BCUT2D eigenvalue weighted by atomic mass is 32.2. The lowest BCUT2D eigenvalue weighted by Crippen LogP contribution is -2.16. The number of alkyl halides is 3. The van der Waals surface area contributed by atoms with Crippen molar-refractivity contribution in [3.05, 3.63) is 17.2 Å². The van der Waals surface area contributed by atoms with Crippen LogP contribution in [0.2, 0.25) is 0 Å². The Hall–Kier alpha value is -1.18. The second kappa shape index (κ2) is 2.70. The molecule has 1 N–H and O–H groups in total. The van der Waals surface area contributed by atoms with Gasteiger partial charge in [-0.05, 0) is 0 Å². The van der Waals surface area contributed by atoms with Crippen LogP contribution in [0.1, 0.15) is 0 Å². The van der Waals surface area contributed by atoms with Crippen molar-refractivity contribution in [3.8, 4) is 0 Å². The summed E-state index contributed by atoms with van der Waals surface area (Å²) in [6.45, 7) is 0. The van der Waals surface area contributed by atoms with Crippen LogP contribution in [0.25, 0.3) is 0 Å². The summed E-state index contributed by atoms with van der Waals surface area (Å²) in [5.74, 6) is 0.